The van der Waals surface area contributed by atoms with Gasteiger partial charge in [0.2, 0.25) is 11.8 Å². The van der Waals surface area contributed by atoms with Crippen LogP contribution in [0, 0.1) is 0 Å². The Bertz CT molecular complexity index is 1350. The highest BCUT2D eigenvalue weighted by atomic mass is 16.5. The molecule has 0 N–H and O–H groups in total. The number of nitrogens with zero attached hydrogens (tertiary/aromatic N) is 5. The first-order valence-electron chi connectivity index (χ1n) is 12.0. The zero-order valence-electron chi connectivity index (χ0n) is 20.4. The molecule has 0 spiro atoms. The van der Waals surface area contributed by atoms with Gasteiger partial charge in [-0.1, -0.05) is 24.3 Å². The van der Waals surface area contributed by atoms with Crippen LogP contribution >= 0.6 is 0 Å². The number of carbonyl (C=O) groups is 1. The number of hydrogen-bond donors (Lipinski definition) is 0. The Morgan fingerprint density at radius 1 is 1.00 bits per heavy atom. The number of rotatable bonds is 8. The first-order chi connectivity index (χ1) is 17.6. The molecule has 0 radical (unpaired) electrons. The van der Waals surface area contributed by atoms with Crippen LogP contribution in [0.25, 0.3) is 11.0 Å². The maximum absolute atomic E-state index is 12.6. The summed E-state index contributed by atoms with van der Waals surface area (Å²) in [5.41, 5.74) is 1.63. The SMILES string of the molecule is CN(C)C/C=C/C(=O)N1CC[C@H](n2ccc3ncnc(Oc4ccc(Oc5ccccc5)cc4)c32)C1. The summed E-state index contributed by atoms with van der Waals surface area (Å²) in [6.07, 6.45) is 7.94. The van der Waals surface area contributed by atoms with Crippen LogP contribution < -0.4 is 9.47 Å². The van der Waals surface area contributed by atoms with Gasteiger partial charge in [0.25, 0.3) is 0 Å². The van der Waals surface area contributed by atoms with E-state index < -0.39 is 0 Å². The topological polar surface area (TPSA) is 72.7 Å². The van der Waals surface area contributed by atoms with E-state index in [1.54, 1.807) is 6.08 Å². The number of ether oxygens (including phenoxy) is 2. The zero-order chi connectivity index (χ0) is 24.9. The highest BCUT2D eigenvalue weighted by molar-refractivity contribution is 5.88. The fourth-order valence-electron chi connectivity index (χ4n) is 4.30. The smallest absolute Gasteiger partial charge is 0.247 e. The molecule has 3 heterocycles. The van der Waals surface area contributed by atoms with E-state index in [9.17, 15) is 4.79 Å². The Morgan fingerprint density at radius 2 is 1.72 bits per heavy atom. The minimum absolute atomic E-state index is 0.0429. The molecular weight excluding hydrogens is 454 g/mol. The largest absolute Gasteiger partial charge is 0.457 e. The van der Waals surface area contributed by atoms with Gasteiger partial charge in [0.1, 0.15) is 29.1 Å². The molecule has 4 aromatic rings. The summed E-state index contributed by atoms with van der Waals surface area (Å²) in [6.45, 7) is 2.08. The van der Waals surface area contributed by atoms with Crippen LogP contribution in [-0.2, 0) is 4.79 Å². The molecule has 1 amide bonds. The Morgan fingerprint density at radius 3 is 2.47 bits per heavy atom. The molecule has 0 saturated carbocycles. The minimum Gasteiger partial charge on any atom is -0.457 e. The van der Waals surface area contributed by atoms with Crippen LogP contribution in [-0.4, -0.2) is 64.0 Å². The van der Waals surface area contributed by atoms with Crippen molar-refractivity contribution in [2.75, 3.05) is 33.7 Å². The Kier molecular flexibility index (Phi) is 6.95. The number of likely N-dealkylation sites (N-methyl/N-ethyl adjacent to an activating group) is 1. The van der Waals surface area contributed by atoms with Crippen LogP contribution in [0.15, 0.2) is 85.3 Å². The molecule has 184 valence electrons. The van der Waals surface area contributed by atoms with Crippen molar-refractivity contribution in [1.82, 2.24) is 24.3 Å². The number of amides is 1. The normalized spacial score (nSPS) is 15.8. The molecule has 0 unspecified atom stereocenters. The lowest BCUT2D eigenvalue weighted by Gasteiger charge is -2.17. The van der Waals surface area contributed by atoms with Crippen LogP contribution in [0.3, 0.4) is 0 Å². The number of likely N-dealkylation sites (tertiary alicyclic amines) is 1. The summed E-state index contributed by atoms with van der Waals surface area (Å²) >= 11 is 0. The molecule has 8 nitrogen and oxygen atoms in total. The third-order valence-electron chi connectivity index (χ3n) is 6.08. The lowest BCUT2D eigenvalue weighted by molar-refractivity contribution is -0.125. The number of carbonyl (C=O) groups excluding carboxylic acids is 1. The van der Waals surface area contributed by atoms with Gasteiger partial charge in [-0.2, -0.15) is 4.98 Å². The quantitative estimate of drug-likeness (QED) is 0.332. The number of para-hydroxylation sites is 1. The minimum atomic E-state index is 0.0429. The van der Waals surface area contributed by atoms with Gasteiger partial charge in [0, 0.05) is 31.9 Å². The highest BCUT2D eigenvalue weighted by Crippen LogP contribution is 2.33. The van der Waals surface area contributed by atoms with Gasteiger partial charge in [0.15, 0.2) is 0 Å². The van der Waals surface area contributed by atoms with Gasteiger partial charge in [-0.15, -0.1) is 0 Å². The summed E-state index contributed by atoms with van der Waals surface area (Å²) in [4.78, 5) is 25.4. The van der Waals surface area contributed by atoms with E-state index in [0.29, 0.717) is 24.7 Å². The second-order valence-corrected chi connectivity index (χ2v) is 9.02. The van der Waals surface area contributed by atoms with E-state index in [1.807, 2.05) is 96.8 Å². The molecule has 0 aliphatic carbocycles. The first kappa shape index (κ1) is 23.6. The first-order valence-corrected chi connectivity index (χ1v) is 12.0. The third-order valence-corrected chi connectivity index (χ3v) is 6.08. The van der Waals surface area contributed by atoms with E-state index in [4.69, 9.17) is 9.47 Å². The molecule has 1 fully saturated rings. The van der Waals surface area contributed by atoms with Crippen molar-refractivity contribution < 1.29 is 14.3 Å². The molecule has 36 heavy (non-hydrogen) atoms. The lowest BCUT2D eigenvalue weighted by atomic mass is 10.2. The second-order valence-electron chi connectivity index (χ2n) is 9.02. The lowest BCUT2D eigenvalue weighted by Crippen LogP contribution is -2.27. The monoisotopic (exact) mass is 483 g/mol. The van der Waals surface area contributed by atoms with Gasteiger partial charge in [-0.3, -0.25) is 4.79 Å². The fourth-order valence-corrected chi connectivity index (χ4v) is 4.30. The van der Waals surface area contributed by atoms with Gasteiger partial charge in [-0.05, 0) is 63.0 Å². The van der Waals surface area contributed by atoms with Gasteiger partial charge >= 0.3 is 0 Å². The van der Waals surface area contributed by atoms with Crippen molar-refractivity contribution >= 4 is 16.9 Å². The number of fused-ring (bicyclic) bond motifs is 1. The molecular formula is C28H29N5O3. The molecule has 2 aromatic heterocycles. The van der Waals surface area contributed by atoms with E-state index in [0.717, 1.165) is 35.5 Å². The Balaban J connectivity index is 1.31. The van der Waals surface area contributed by atoms with Crippen molar-refractivity contribution in [2.45, 2.75) is 12.5 Å². The summed E-state index contributed by atoms with van der Waals surface area (Å²) in [5, 5.41) is 0. The summed E-state index contributed by atoms with van der Waals surface area (Å²) < 4.78 is 14.2. The average molecular weight is 484 g/mol. The molecule has 5 rings (SSSR count). The van der Waals surface area contributed by atoms with Crippen molar-refractivity contribution in [3.8, 4) is 23.1 Å². The average Bonchev–Trinajstić information content (AvgIpc) is 3.54. The summed E-state index contributed by atoms with van der Waals surface area (Å²) in [5.74, 6) is 2.68. The van der Waals surface area contributed by atoms with E-state index in [1.165, 1.54) is 6.33 Å². The summed E-state index contributed by atoms with van der Waals surface area (Å²) in [7, 11) is 3.96. The summed E-state index contributed by atoms with van der Waals surface area (Å²) in [6, 6.07) is 19.2. The molecule has 1 aliphatic rings. The standard InChI is InChI=1S/C28H29N5O3/c1-31(2)16-6-9-26(34)32-17-14-21(19-32)33-18-15-25-27(33)28(30-20-29-25)36-24-12-10-23(11-13-24)35-22-7-4-3-5-8-22/h3-13,15,18,20-21H,14,16-17,19H2,1-2H3/b9-6+/t21-/m0/s1. The van der Waals surface area contributed by atoms with Gasteiger partial charge < -0.3 is 23.8 Å². The maximum atomic E-state index is 12.6. The third kappa shape index (κ3) is 5.39. The van der Waals surface area contributed by atoms with E-state index >= 15 is 0 Å². The van der Waals surface area contributed by atoms with Crippen molar-refractivity contribution in [1.29, 1.82) is 0 Å². The van der Waals surface area contributed by atoms with Crippen molar-refractivity contribution in [3.63, 3.8) is 0 Å². The van der Waals surface area contributed by atoms with Crippen molar-refractivity contribution in [2.24, 2.45) is 0 Å². The van der Waals surface area contributed by atoms with Crippen molar-refractivity contribution in [3.05, 3.63) is 85.3 Å². The van der Waals surface area contributed by atoms with E-state index in [2.05, 4.69) is 14.5 Å². The Hall–Kier alpha value is -4.17. The van der Waals surface area contributed by atoms with Crippen LogP contribution in [0.2, 0.25) is 0 Å². The highest BCUT2D eigenvalue weighted by Gasteiger charge is 2.28. The second kappa shape index (κ2) is 10.6. The van der Waals surface area contributed by atoms with E-state index in [-0.39, 0.29) is 11.9 Å². The predicted octanol–water partition coefficient (Wildman–Crippen LogP) is 4.91. The van der Waals surface area contributed by atoms with Crippen LogP contribution in [0.5, 0.6) is 23.1 Å². The predicted molar refractivity (Wildman–Crippen MR) is 138 cm³/mol. The Labute approximate surface area is 210 Å². The van der Waals surface area contributed by atoms with Crippen LogP contribution in [0.4, 0.5) is 0 Å². The molecule has 2 aromatic carbocycles. The molecule has 1 atom stereocenters. The molecule has 1 saturated heterocycles. The molecule has 0 bridgehead atoms. The molecule has 8 heteroatoms. The maximum Gasteiger partial charge on any atom is 0.247 e. The van der Waals surface area contributed by atoms with Gasteiger partial charge in [0.05, 0.1) is 11.6 Å². The zero-order valence-corrected chi connectivity index (χ0v) is 20.4. The van der Waals surface area contributed by atoms with Gasteiger partial charge in [-0.25, -0.2) is 4.98 Å². The fraction of sp³-hybridized carbons (Fsp3) is 0.250. The molecule has 1 aliphatic heterocycles. The number of benzene rings is 2. The van der Waals surface area contributed by atoms with Crippen LogP contribution in [0.1, 0.15) is 12.5 Å². The number of hydrogen-bond acceptors (Lipinski definition) is 6. The number of aromatic nitrogens is 3.